The number of carbonyl (C=O) groups excluding carboxylic acids is 1. The second kappa shape index (κ2) is 7.48. The number of carboxylic acid groups (broad SMARTS) is 1. The highest BCUT2D eigenvalue weighted by Gasteiger charge is 2.24. The lowest BCUT2D eigenvalue weighted by molar-refractivity contribution is -0.142. The van der Waals surface area contributed by atoms with Crippen LogP contribution in [0.3, 0.4) is 0 Å². The van der Waals surface area contributed by atoms with Crippen molar-refractivity contribution in [3.8, 4) is 0 Å². The van der Waals surface area contributed by atoms with Gasteiger partial charge in [-0.25, -0.2) is 0 Å². The van der Waals surface area contributed by atoms with Crippen LogP contribution in [-0.2, 0) is 14.3 Å². The summed E-state index contributed by atoms with van der Waals surface area (Å²) in [7, 11) is 0. The van der Waals surface area contributed by atoms with Crippen molar-refractivity contribution in [2.45, 2.75) is 58.6 Å². The summed E-state index contributed by atoms with van der Waals surface area (Å²) < 4.78 is 5.64. The second-order valence-electron chi connectivity index (χ2n) is 5.59. The minimum Gasteiger partial charge on any atom is -0.481 e. The van der Waals surface area contributed by atoms with Gasteiger partial charge in [0.15, 0.2) is 0 Å². The van der Waals surface area contributed by atoms with Gasteiger partial charge in [-0.1, -0.05) is 19.8 Å². The molecule has 4 atom stereocenters. The Bertz CT molecular complexity index is 319. The van der Waals surface area contributed by atoms with Crippen molar-refractivity contribution in [3.63, 3.8) is 0 Å². The fourth-order valence-electron chi connectivity index (χ4n) is 2.35. The second-order valence-corrected chi connectivity index (χ2v) is 5.59. The number of nitrogens with one attached hydrogen (secondary N) is 1. The number of ether oxygens (including phenoxy) is 1. The van der Waals surface area contributed by atoms with E-state index in [-0.39, 0.29) is 18.6 Å². The van der Waals surface area contributed by atoms with Crippen LogP contribution in [0.25, 0.3) is 0 Å². The van der Waals surface area contributed by atoms with Crippen LogP contribution in [0.1, 0.15) is 46.5 Å². The Hall–Kier alpha value is -1.10. The van der Waals surface area contributed by atoms with Crippen LogP contribution in [0, 0.1) is 11.8 Å². The minimum absolute atomic E-state index is 0.0195. The molecule has 0 aromatic carbocycles. The lowest BCUT2D eigenvalue weighted by atomic mass is 9.88. The zero-order valence-corrected chi connectivity index (χ0v) is 12.0. The maximum atomic E-state index is 11.7. The van der Waals surface area contributed by atoms with Gasteiger partial charge in [-0.05, 0) is 32.6 Å². The predicted octanol–water partition coefficient (Wildman–Crippen LogP) is 1.81. The minimum atomic E-state index is -0.908. The van der Waals surface area contributed by atoms with E-state index in [4.69, 9.17) is 9.84 Å². The number of carbonyl (C=O) groups is 2. The first-order valence-corrected chi connectivity index (χ1v) is 7.05. The standard InChI is InChI=1S/C14H25NO4/c1-9-6-4-5-7-12(9)19-8-13(16)15-11(3)10(2)14(17)18/h9-12H,4-8H2,1-3H3,(H,15,16)(H,17,18). The summed E-state index contributed by atoms with van der Waals surface area (Å²) in [6.45, 7) is 5.44. The average Bonchev–Trinajstić information content (AvgIpc) is 2.36. The largest absolute Gasteiger partial charge is 0.481 e. The molecular weight excluding hydrogens is 246 g/mol. The van der Waals surface area contributed by atoms with Crippen molar-refractivity contribution in [2.75, 3.05) is 6.61 Å². The van der Waals surface area contributed by atoms with Crippen LogP contribution in [0.2, 0.25) is 0 Å². The van der Waals surface area contributed by atoms with Crippen LogP contribution >= 0.6 is 0 Å². The number of hydrogen-bond donors (Lipinski definition) is 2. The molecule has 1 rings (SSSR count). The number of rotatable bonds is 6. The number of aliphatic carboxylic acids is 1. The van der Waals surface area contributed by atoms with E-state index in [1.165, 1.54) is 6.42 Å². The quantitative estimate of drug-likeness (QED) is 0.772. The van der Waals surface area contributed by atoms with Gasteiger partial charge in [0.25, 0.3) is 0 Å². The summed E-state index contributed by atoms with van der Waals surface area (Å²) in [5, 5.41) is 11.5. The molecule has 0 spiro atoms. The molecule has 1 fully saturated rings. The summed E-state index contributed by atoms with van der Waals surface area (Å²) >= 11 is 0. The Morgan fingerprint density at radius 3 is 2.53 bits per heavy atom. The third-order valence-electron chi connectivity index (χ3n) is 3.99. The van der Waals surface area contributed by atoms with E-state index in [1.807, 2.05) is 0 Å². The number of hydrogen-bond acceptors (Lipinski definition) is 3. The topological polar surface area (TPSA) is 75.6 Å². The van der Waals surface area contributed by atoms with E-state index < -0.39 is 17.9 Å². The lowest BCUT2D eigenvalue weighted by Crippen LogP contribution is -2.42. The molecule has 19 heavy (non-hydrogen) atoms. The summed E-state index contributed by atoms with van der Waals surface area (Å²) in [6.07, 6.45) is 4.71. The van der Waals surface area contributed by atoms with Gasteiger partial charge in [0.2, 0.25) is 5.91 Å². The predicted molar refractivity (Wildman–Crippen MR) is 71.8 cm³/mol. The lowest BCUT2D eigenvalue weighted by Gasteiger charge is -2.28. The van der Waals surface area contributed by atoms with Gasteiger partial charge in [0, 0.05) is 6.04 Å². The van der Waals surface area contributed by atoms with Gasteiger partial charge in [-0.15, -0.1) is 0 Å². The van der Waals surface area contributed by atoms with E-state index in [1.54, 1.807) is 13.8 Å². The highest BCUT2D eigenvalue weighted by Crippen LogP contribution is 2.26. The first-order valence-electron chi connectivity index (χ1n) is 7.05. The molecule has 5 nitrogen and oxygen atoms in total. The summed E-state index contributed by atoms with van der Waals surface area (Å²) in [5.41, 5.74) is 0. The molecule has 2 N–H and O–H groups in total. The van der Waals surface area contributed by atoms with E-state index in [0.717, 1.165) is 19.3 Å². The first kappa shape index (κ1) is 16.0. The maximum absolute atomic E-state index is 11.7. The summed E-state index contributed by atoms with van der Waals surface area (Å²) in [6, 6.07) is -0.391. The maximum Gasteiger partial charge on any atom is 0.308 e. The van der Waals surface area contributed by atoms with E-state index in [2.05, 4.69) is 12.2 Å². The van der Waals surface area contributed by atoms with Crippen LogP contribution in [0.15, 0.2) is 0 Å². The molecule has 1 amide bonds. The molecule has 1 saturated carbocycles. The Morgan fingerprint density at radius 2 is 1.95 bits per heavy atom. The Balaban J connectivity index is 2.29. The zero-order chi connectivity index (χ0) is 14.4. The van der Waals surface area contributed by atoms with E-state index >= 15 is 0 Å². The molecule has 1 aliphatic carbocycles. The molecule has 0 bridgehead atoms. The smallest absolute Gasteiger partial charge is 0.308 e. The fourth-order valence-corrected chi connectivity index (χ4v) is 2.35. The van der Waals surface area contributed by atoms with Crippen molar-refractivity contribution >= 4 is 11.9 Å². The van der Waals surface area contributed by atoms with Crippen LogP contribution < -0.4 is 5.32 Å². The van der Waals surface area contributed by atoms with Crippen LogP contribution in [0.4, 0.5) is 0 Å². The first-order chi connectivity index (χ1) is 8.91. The molecule has 0 aliphatic heterocycles. The van der Waals surface area contributed by atoms with Crippen molar-refractivity contribution in [1.29, 1.82) is 0 Å². The third-order valence-corrected chi connectivity index (χ3v) is 3.99. The molecule has 1 aliphatic rings. The third kappa shape index (κ3) is 5.19. The van der Waals surface area contributed by atoms with Crippen molar-refractivity contribution in [1.82, 2.24) is 5.32 Å². The molecule has 5 heteroatoms. The molecular formula is C14H25NO4. The molecule has 0 radical (unpaired) electrons. The van der Waals surface area contributed by atoms with Gasteiger partial charge in [-0.2, -0.15) is 0 Å². The summed E-state index contributed by atoms with van der Waals surface area (Å²) in [5.74, 6) is -1.25. The molecule has 0 heterocycles. The van der Waals surface area contributed by atoms with Crippen LogP contribution in [0.5, 0.6) is 0 Å². The van der Waals surface area contributed by atoms with Crippen LogP contribution in [-0.4, -0.2) is 35.7 Å². The van der Waals surface area contributed by atoms with E-state index in [0.29, 0.717) is 5.92 Å². The van der Waals surface area contributed by atoms with Gasteiger partial charge in [0.05, 0.1) is 12.0 Å². The molecule has 0 saturated heterocycles. The summed E-state index contributed by atoms with van der Waals surface area (Å²) in [4.78, 5) is 22.5. The molecule has 110 valence electrons. The highest BCUT2D eigenvalue weighted by atomic mass is 16.5. The SMILES string of the molecule is CC1CCCCC1OCC(=O)NC(C)C(C)C(=O)O. The number of carboxylic acids is 1. The highest BCUT2D eigenvalue weighted by molar-refractivity contribution is 5.78. The van der Waals surface area contributed by atoms with Gasteiger partial charge in [-0.3, -0.25) is 9.59 Å². The van der Waals surface area contributed by atoms with Gasteiger partial charge < -0.3 is 15.2 Å². The Kier molecular flexibility index (Phi) is 6.28. The van der Waals surface area contributed by atoms with Crippen molar-refractivity contribution < 1.29 is 19.4 Å². The van der Waals surface area contributed by atoms with Gasteiger partial charge in [0.1, 0.15) is 6.61 Å². The Labute approximate surface area is 114 Å². The molecule has 0 aromatic heterocycles. The molecule has 0 aromatic rings. The van der Waals surface area contributed by atoms with Gasteiger partial charge >= 0.3 is 5.97 Å². The zero-order valence-electron chi connectivity index (χ0n) is 12.0. The van der Waals surface area contributed by atoms with E-state index in [9.17, 15) is 9.59 Å². The Morgan fingerprint density at radius 1 is 1.32 bits per heavy atom. The normalized spacial score (nSPS) is 26.5. The molecule has 4 unspecified atom stereocenters. The van der Waals surface area contributed by atoms with Crippen molar-refractivity contribution in [3.05, 3.63) is 0 Å². The average molecular weight is 271 g/mol. The monoisotopic (exact) mass is 271 g/mol. The fraction of sp³-hybridized carbons (Fsp3) is 0.857. The van der Waals surface area contributed by atoms with Crippen molar-refractivity contribution in [2.24, 2.45) is 11.8 Å². The number of amides is 1.